The summed E-state index contributed by atoms with van der Waals surface area (Å²) in [6, 6.07) is 14.4. The first kappa shape index (κ1) is 18.6. The topological polar surface area (TPSA) is 76.8 Å². The molecule has 1 aliphatic rings. The second kappa shape index (κ2) is 7.35. The lowest BCUT2D eigenvalue weighted by Crippen LogP contribution is -2.48. The van der Waals surface area contributed by atoms with Gasteiger partial charge in [0.1, 0.15) is 23.1 Å². The third-order valence-corrected chi connectivity index (χ3v) is 4.76. The van der Waals surface area contributed by atoms with Crippen molar-refractivity contribution in [2.24, 2.45) is 4.99 Å². The third kappa shape index (κ3) is 3.20. The van der Waals surface area contributed by atoms with E-state index in [1.807, 2.05) is 37.3 Å². The number of fused-ring (bicyclic) bond motifs is 1. The number of nitrogens with zero attached hydrogens (tertiary/aromatic N) is 4. The lowest BCUT2D eigenvalue weighted by atomic mass is 10.2. The number of hydrogen-bond acceptors (Lipinski definition) is 5. The van der Waals surface area contributed by atoms with Gasteiger partial charge in [-0.2, -0.15) is 9.69 Å². The molecule has 0 N–H and O–H groups in total. The first-order valence-electron chi connectivity index (χ1n) is 9.30. The Labute approximate surface area is 167 Å². The van der Waals surface area contributed by atoms with Gasteiger partial charge >= 0.3 is 0 Å². The van der Waals surface area contributed by atoms with Crippen molar-refractivity contribution in [1.29, 1.82) is 0 Å². The van der Waals surface area contributed by atoms with Crippen molar-refractivity contribution in [3.8, 4) is 5.75 Å². The summed E-state index contributed by atoms with van der Waals surface area (Å²) in [7, 11) is 1.60. The molecule has 29 heavy (non-hydrogen) atoms. The summed E-state index contributed by atoms with van der Waals surface area (Å²) in [6.45, 7) is 3.60. The van der Waals surface area contributed by atoms with Crippen molar-refractivity contribution in [3.63, 3.8) is 0 Å². The van der Waals surface area contributed by atoms with Crippen LogP contribution >= 0.6 is 0 Å². The molecule has 0 saturated carbocycles. The summed E-state index contributed by atoms with van der Waals surface area (Å²) < 4.78 is 6.49. The SMILES string of the molecule is CCc1nc2ccccc2c(=O)n1N1C(=O)/C(=C\c2ccc(OC)cc2)N=C1C. The number of aryl methyl sites for hydroxylation is 1. The molecule has 7 nitrogen and oxygen atoms in total. The average molecular weight is 388 g/mol. The number of aromatic nitrogens is 2. The number of ether oxygens (including phenoxy) is 1. The average Bonchev–Trinajstić information content (AvgIpc) is 3.01. The van der Waals surface area contributed by atoms with E-state index in [4.69, 9.17) is 4.74 Å². The van der Waals surface area contributed by atoms with Gasteiger partial charge in [0.15, 0.2) is 0 Å². The van der Waals surface area contributed by atoms with Gasteiger partial charge in [-0.25, -0.2) is 9.98 Å². The summed E-state index contributed by atoms with van der Waals surface area (Å²) in [6.07, 6.45) is 2.19. The van der Waals surface area contributed by atoms with E-state index in [-0.39, 0.29) is 17.2 Å². The van der Waals surface area contributed by atoms with Crippen LogP contribution in [0, 0.1) is 0 Å². The molecule has 0 aliphatic carbocycles. The Hall–Kier alpha value is -3.74. The highest BCUT2D eigenvalue weighted by Gasteiger charge is 2.32. The minimum Gasteiger partial charge on any atom is -0.497 e. The van der Waals surface area contributed by atoms with Crippen LogP contribution in [0.1, 0.15) is 25.2 Å². The molecule has 7 heteroatoms. The summed E-state index contributed by atoms with van der Waals surface area (Å²) >= 11 is 0. The zero-order valence-corrected chi connectivity index (χ0v) is 16.4. The molecule has 2 heterocycles. The maximum atomic E-state index is 13.2. The van der Waals surface area contributed by atoms with Crippen molar-refractivity contribution in [2.45, 2.75) is 20.3 Å². The second-order valence-corrected chi connectivity index (χ2v) is 6.59. The number of hydrogen-bond donors (Lipinski definition) is 0. The van der Waals surface area contributed by atoms with Gasteiger partial charge in [-0.15, -0.1) is 0 Å². The van der Waals surface area contributed by atoms with E-state index in [0.717, 1.165) is 11.3 Å². The lowest BCUT2D eigenvalue weighted by molar-refractivity contribution is -0.115. The Morgan fingerprint density at radius 3 is 2.48 bits per heavy atom. The van der Waals surface area contributed by atoms with Gasteiger partial charge in [-0.05, 0) is 42.8 Å². The van der Waals surface area contributed by atoms with Crippen molar-refractivity contribution < 1.29 is 9.53 Å². The molecule has 3 aromatic rings. The highest BCUT2D eigenvalue weighted by atomic mass is 16.5. The van der Waals surface area contributed by atoms with E-state index in [0.29, 0.717) is 29.0 Å². The molecule has 1 aliphatic heterocycles. The van der Waals surface area contributed by atoms with Crippen LogP contribution in [0.5, 0.6) is 5.75 Å². The fourth-order valence-electron chi connectivity index (χ4n) is 3.32. The molecule has 0 radical (unpaired) electrons. The van der Waals surface area contributed by atoms with Gasteiger partial charge in [0.25, 0.3) is 11.5 Å². The number of methoxy groups -OCH3 is 1. The highest BCUT2D eigenvalue weighted by Crippen LogP contribution is 2.20. The normalized spacial score (nSPS) is 15.3. The summed E-state index contributed by atoms with van der Waals surface area (Å²) in [5.74, 6) is 1.28. The molecule has 0 spiro atoms. The predicted molar refractivity (Wildman–Crippen MR) is 113 cm³/mol. The van der Waals surface area contributed by atoms with Crippen molar-refractivity contribution >= 4 is 28.7 Å². The van der Waals surface area contributed by atoms with Gasteiger partial charge in [-0.1, -0.05) is 31.2 Å². The Morgan fingerprint density at radius 2 is 1.79 bits per heavy atom. The standard InChI is InChI=1S/C22H20N4O3/c1-4-20-24-18-8-6-5-7-17(18)21(27)26(20)25-14(2)23-19(22(25)28)13-15-9-11-16(29-3)12-10-15/h5-13H,4H2,1-3H3/b19-13+. The first-order valence-corrected chi connectivity index (χ1v) is 9.30. The number of carbonyl (C=O) groups is 1. The minimum atomic E-state index is -0.368. The minimum absolute atomic E-state index is 0.259. The number of benzene rings is 2. The Kier molecular flexibility index (Phi) is 4.72. The number of amidine groups is 1. The molecular formula is C22H20N4O3. The van der Waals surface area contributed by atoms with Crippen LogP contribution in [0.2, 0.25) is 0 Å². The van der Waals surface area contributed by atoms with Crippen molar-refractivity contribution in [2.75, 3.05) is 12.1 Å². The molecule has 1 aromatic heterocycles. The largest absolute Gasteiger partial charge is 0.497 e. The maximum Gasteiger partial charge on any atom is 0.297 e. The van der Waals surface area contributed by atoms with Gasteiger partial charge in [-0.3, -0.25) is 9.59 Å². The van der Waals surface area contributed by atoms with E-state index in [9.17, 15) is 9.59 Å². The summed E-state index contributed by atoms with van der Waals surface area (Å²) in [5.41, 5.74) is 1.39. The molecule has 0 unspecified atom stereocenters. The van der Waals surface area contributed by atoms with Gasteiger partial charge in [0.2, 0.25) is 0 Å². The first-order chi connectivity index (χ1) is 14.0. The monoisotopic (exact) mass is 388 g/mol. The number of aliphatic imine (C=N–C) groups is 1. The fraction of sp³-hybridized carbons (Fsp3) is 0.182. The number of para-hydroxylation sites is 1. The van der Waals surface area contributed by atoms with Crippen LogP contribution in [0.25, 0.3) is 17.0 Å². The van der Waals surface area contributed by atoms with Crippen molar-refractivity contribution in [1.82, 2.24) is 9.66 Å². The van der Waals surface area contributed by atoms with Crippen LogP contribution in [0.15, 0.2) is 64.0 Å². The molecule has 0 atom stereocenters. The smallest absolute Gasteiger partial charge is 0.297 e. The third-order valence-electron chi connectivity index (χ3n) is 4.76. The highest BCUT2D eigenvalue weighted by molar-refractivity contribution is 6.23. The van der Waals surface area contributed by atoms with E-state index in [2.05, 4.69) is 9.98 Å². The summed E-state index contributed by atoms with van der Waals surface area (Å²) in [4.78, 5) is 35.3. The zero-order valence-electron chi connectivity index (χ0n) is 16.4. The Balaban J connectivity index is 1.80. The molecule has 4 rings (SSSR count). The predicted octanol–water partition coefficient (Wildman–Crippen LogP) is 2.91. The number of amides is 1. The van der Waals surface area contributed by atoms with Crippen LogP contribution in [0.3, 0.4) is 0 Å². The van der Waals surface area contributed by atoms with Crippen LogP contribution < -0.4 is 15.3 Å². The quantitative estimate of drug-likeness (QED) is 0.644. The van der Waals surface area contributed by atoms with Gasteiger partial charge in [0, 0.05) is 6.42 Å². The van der Waals surface area contributed by atoms with E-state index in [1.165, 1.54) is 9.69 Å². The second-order valence-electron chi connectivity index (χ2n) is 6.59. The molecule has 0 fully saturated rings. The number of rotatable bonds is 4. The Morgan fingerprint density at radius 1 is 1.07 bits per heavy atom. The van der Waals surface area contributed by atoms with Crippen LogP contribution in [0.4, 0.5) is 0 Å². The maximum absolute atomic E-state index is 13.2. The molecule has 0 bridgehead atoms. The number of carbonyl (C=O) groups excluding carboxylic acids is 1. The Bertz CT molecular complexity index is 1220. The van der Waals surface area contributed by atoms with Crippen LogP contribution in [-0.2, 0) is 11.2 Å². The van der Waals surface area contributed by atoms with E-state index < -0.39 is 0 Å². The molecular weight excluding hydrogens is 368 g/mol. The van der Waals surface area contributed by atoms with E-state index >= 15 is 0 Å². The van der Waals surface area contributed by atoms with E-state index in [1.54, 1.807) is 38.3 Å². The summed E-state index contributed by atoms with van der Waals surface area (Å²) in [5, 5.41) is 1.76. The van der Waals surface area contributed by atoms with Gasteiger partial charge in [0.05, 0.1) is 18.0 Å². The van der Waals surface area contributed by atoms with Crippen LogP contribution in [-0.4, -0.2) is 28.5 Å². The molecule has 146 valence electrons. The zero-order chi connectivity index (χ0) is 20.5. The fourth-order valence-corrected chi connectivity index (χ4v) is 3.32. The lowest BCUT2D eigenvalue weighted by Gasteiger charge is -2.21. The molecule has 2 aromatic carbocycles. The van der Waals surface area contributed by atoms with Crippen molar-refractivity contribution in [3.05, 3.63) is 76.0 Å². The molecule has 0 saturated heterocycles. The molecule has 1 amide bonds. The van der Waals surface area contributed by atoms with Gasteiger partial charge < -0.3 is 4.74 Å².